The Balaban J connectivity index is 1.33. The monoisotopic (exact) mass is 484 g/mol. The van der Waals surface area contributed by atoms with Gasteiger partial charge in [0.15, 0.2) is 0 Å². The van der Waals surface area contributed by atoms with Crippen LogP contribution in [0.2, 0.25) is 0 Å². The summed E-state index contributed by atoms with van der Waals surface area (Å²) in [6.07, 6.45) is 20.7. The van der Waals surface area contributed by atoms with Crippen LogP contribution in [0.4, 0.5) is 0 Å². The van der Waals surface area contributed by atoms with Gasteiger partial charge in [-0.1, -0.05) is 76.1 Å². The molecule has 1 N–H and O–H groups in total. The lowest BCUT2D eigenvalue weighted by atomic mass is 9.51. The Morgan fingerprint density at radius 1 is 0.972 bits per heavy atom. The van der Waals surface area contributed by atoms with Gasteiger partial charge < -0.3 is 5.11 Å². The standard InChI is InChI=1S/C35H48O/c1-25(2)15-16-29-10-4-5-11-30(29)20-27-19-28(23-32(36)22-27)21-31-12-6-14-34-33(31)13-8-18-35(34)17-7-9-26(3)24-35/h4-5,7,10-11,17,19,22-23,25-26,31,33-34,36H,6,8-9,12-16,18,20-21,24H2,1-3H3/t26-,31+,33-,34-,35-/m1/s1. The Hall–Kier alpha value is -2.02. The molecule has 5 rings (SSSR count). The molecular formula is C35H48O. The fourth-order valence-electron chi connectivity index (χ4n) is 8.31. The number of rotatable bonds is 7. The highest BCUT2D eigenvalue weighted by molar-refractivity contribution is 5.39. The zero-order valence-corrected chi connectivity index (χ0v) is 23.0. The van der Waals surface area contributed by atoms with Gasteiger partial charge >= 0.3 is 0 Å². The fourth-order valence-corrected chi connectivity index (χ4v) is 8.31. The maximum Gasteiger partial charge on any atom is 0.116 e. The molecule has 0 radical (unpaired) electrons. The third kappa shape index (κ3) is 5.76. The van der Waals surface area contributed by atoms with Crippen molar-refractivity contribution in [3.8, 4) is 5.75 Å². The summed E-state index contributed by atoms with van der Waals surface area (Å²) in [7, 11) is 0. The van der Waals surface area contributed by atoms with Crippen molar-refractivity contribution in [3.63, 3.8) is 0 Å². The molecule has 0 saturated heterocycles. The SMILES string of the molecule is CC(C)CCc1ccccc1Cc1cc(O)cc(C[C@@H]2CCC[C@@H]3[C@@H]2CCC[C@@]32C=CC[C@@H](C)C2)c1. The van der Waals surface area contributed by atoms with Crippen LogP contribution >= 0.6 is 0 Å². The Labute approximate surface area is 220 Å². The highest BCUT2D eigenvalue weighted by Gasteiger charge is 2.48. The molecule has 3 aliphatic rings. The number of phenols is 1. The average Bonchev–Trinajstić information content (AvgIpc) is 2.84. The molecule has 3 aliphatic carbocycles. The average molecular weight is 485 g/mol. The van der Waals surface area contributed by atoms with Crippen LogP contribution in [0.15, 0.2) is 54.6 Å². The molecule has 0 amide bonds. The molecule has 5 atom stereocenters. The Morgan fingerprint density at radius 2 is 1.78 bits per heavy atom. The summed E-state index contributed by atoms with van der Waals surface area (Å²) in [4.78, 5) is 0. The zero-order valence-electron chi connectivity index (χ0n) is 23.0. The van der Waals surface area contributed by atoms with Crippen molar-refractivity contribution in [2.45, 2.75) is 97.8 Å². The van der Waals surface area contributed by atoms with Gasteiger partial charge in [0.25, 0.3) is 0 Å². The first-order chi connectivity index (χ1) is 17.4. The molecule has 2 aromatic rings. The summed E-state index contributed by atoms with van der Waals surface area (Å²) in [5.74, 6) is 4.49. The van der Waals surface area contributed by atoms with Crippen LogP contribution in [0, 0.1) is 35.0 Å². The number of allylic oxidation sites excluding steroid dienone is 2. The molecule has 0 heterocycles. The fraction of sp³-hybridized carbons (Fsp3) is 0.600. The summed E-state index contributed by atoms with van der Waals surface area (Å²) in [6, 6.07) is 15.4. The molecular weight excluding hydrogens is 436 g/mol. The molecule has 2 aromatic carbocycles. The zero-order chi connectivity index (χ0) is 25.1. The van der Waals surface area contributed by atoms with Crippen molar-refractivity contribution in [1.82, 2.24) is 0 Å². The van der Waals surface area contributed by atoms with Crippen LogP contribution < -0.4 is 0 Å². The molecule has 0 unspecified atom stereocenters. The lowest BCUT2D eigenvalue weighted by Crippen LogP contribution is -2.45. The Bertz CT molecular complexity index is 1050. The molecule has 1 nitrogen and oxygen atoms in total. The van der Waals surface area contributed by atoms with Gasteiger partial charge in [-0.05, 0) is 134 Å². The molecule has 2 saturated carbocycles. The van der Waals surface area contributed by atoms with Gasteiger partial charge in [-0.25, -0.2) is 0 Å². The van der Waals surface area contributed by atoms with E-state index in [0.717, 1.165) is 48.9 Å². The van der Waals surface area contributed by atoms with E-state index in [1.54, 1.807) is 0 Å². The Kier molecular flexibility index (Phi) is 7.94. The van der Waals surface area contributed by atoms with Crippen molar-refractivity contribution >= 4 is 0 Å². The summed E-state index contributed by atoms with van der Waals surface area (Å²) in [6.45, 7) is 7.07. The van der Waals surface area contributed by atoms with Crippen molar-refractivity contribution in [2.24, 2.45) is 35.0 Å². The molecule has 36 heavy (non-hydrogen) atoms. The van der Waals surface area contributed by atoms with Crippen molar-refractivity contribution < 1.29 is 5.11 Å². The van der Waals surface area contributed by atoms with E-state index in [9.17, 15) is 5.11 Å². The minimum atomic E-state index is 0.443. The van der Waals surface area contributed by atoms with Crippen molar-refractivity contribution in [1.29, 1.82) is 0 Å². The summed E-state index contributed by atoms with van der Waals surface area (Å²) < 4.78 is 0. The molecule has 194 valence electrons. The minimum absolute atomic E-state index is 0.443. The van der Waals surface area contributed by atoms with Crippen LogP contribution in [0.5, 0.6) is 5.75 Å². The first-order valence-corrected chi connectivity index (χ1v) is 15.0. The largest absolute Gasteiger partial charge is 0.508 e. The van der Waals surface area contributed by atoms with E-state index in [1.165, 1.54) is 80.0 Å². The molecule has 1 spiro atoms. The van der Waals surface area contributed by atoms with Gasteiger partial charge in [0.1, 0.15) is 5.75 Å². The predicted molar refractivity (Wildman–Crippen MR) is 152 cm³/mol. The van der Waals surface area contributed by atoms with Crippen molar-refractivity contribution in [2.75, 3.05) is 0 Å². The van der Waals surface area contributed by atoms with Gasteiger partial charge in [0, 0.05) is 0 Å². The van der Waals surface area contributed by atoms with Gasteiger partial charge in [0.05, 0.1) is 0 Å². The van der Waals surface area contributed by atoms with Crippen LogP contribution in [-0.4, -0.2) is 5.11 Å². The lowest BCUT2D eigenvalue weighted by Gasteiger charge is -2.54. The second-order valence-corrected chi connectivity index (χ2v) is 13.1. The topological polar surface area (TPSA) is 20.2 Å². The molecule has 0 bridgehead atoms. The van der Waals surface area contributed by atoms with E-state index in [0.29, 0.717) is 11.2 Å². The Morgan fingerprint density at radius 3 is 2.58 bits per heavy atom. The first-order valence-electron chi connectivity index (χ1n) is 15.0. The normalized spacial score (nSPS) is 30.0. The lowest BCUT2D eigenvalue weighted by molar-refractivity contribution is -0.00558. The molecule has 0 aromatic heterocycles. The van der Waals surface area contributed by atoms with Gasteiger partial charge in [0.2, 0.25) is 0 Å². The highest BCUT2D eigenvalue weighted by atomic mass is 16.3. The van der Waals surface area contributed by atoms with Crippen LogP contribution in [0.25, 0.3) is 0 Å². The van der Waals surface area contributed by atoms with E-state index in [1.807, 2.05) is 6.07 Å². The quantitative estimate of drug-likeness (QED) is 0.388. The maximum atomic E-state index is 10.7. The van der Waals surface area contributed by atoms with Crippen LogP contribution in [-0.2, 0) is 19.3 Å². The summed E-state index contributed by atoms with van der Waals surface area (Å²) in [5, 5.41) is 10.7. The summed E-state index contributed by atoms with van der Waals surface area (Å²) >= 11 is 0. The number of aryl methyl sites for hydroxylation is 1. The number of phenolic OH excluding ortho intramolecular Hbond substituents is 1. The number of hydrogen-bond acceptors (Lipinski definition) is 1. The third-order valence-electron chi connectivity index (χ3n) is 9.89. The second-order valence-electron chi connectivity index (χ2n) is 13.1. The highest BCUT2D eigenvalue weighted by Crippen LogP contribution is 2.58. The first kappa shape index (κ1) is 25.6. The minimum Gasteiger partial charge on any atom is -0.508 e. The number of hydrogen-bond donors (Lipinski definition) is 1. The van der Waals surface area contributed by atoms with E-state index >= 15 is 0 Å². The van der Waals surface area contributed by atoms with Crippen LogP contribution in [0.1, 0.15) is 101 Å². The summed E-state index contributed by atoms with van der Waals surface area (Å²) in [5.41, 5.74) is 5.97. The third-order valence-corrected chi connectivity index (χ3v) is 9.89. The molecule has 0 aliphatic heterocycles. The molecule has 1 heteroatoms. The predicted octanol–water partition coefficient (Wildman–Crippen LogP) is 9.30. The smallest absolute Gasteiger partial charge is 0.116 e. The maximum absolute atomic E-state index is 10.7. The van der Waals surface area contributed by atoms with E-state index < -0.39 is 0 Å². The van der Waals surface area contributed by atoms with E-state index in [-0.39, 0.29) is 0 Å². The van der Waals surface area contributed by atoms with Gasteiger partial charge in [-0.15, -0.1) is 0 Å². The van der Waals surface area contributed by atoms with Crippen molar-refractivity contribution in [3.05, 3.63) is 76.9 Å². The van der Waals surface area contributed by atoms with Gasteiger partial charge in [-0.2, -0.15) is 0 Å². The number of benzene rings is 2. The number of aromatic hydroxyl groups is 1. The molecule has 2 fully saturated rings. The number of fused-ring (bicyclic) bond motifs is 2. The van der Waals surface area contributed by atoms with E-state index in [4.69, 9.17) is 0 Å². The van der Waals surface area contributed by atoms with Gasteiger partial charge in [-0.3, -0.25) is 0 Å². The second kappa shape index (κ2) is 11.2. The van der Waals surface area contributed by atoms with E-state index in [2.05, 4.69) is 69.3 Å². The van der Waals surface area contributed by atoms with Crippen LogP contribution in [0.3, 0.4) is 0 Å².